The smallest absolute Gasteiger partial charge is 0.238 e. The molecule has 1 heterocycles. The summed E-state index contributed by atoms with van der Waals surface area (Å²) in [5, 5.41) is 10.8. The lowest BCUT2D eigenvalue weighted by atomic mass is 10.1. The van der Waals surface area contributed by atoms with Crippen LogP contribution in [0.2, 0.25) is 0 Å². The maximum absolute atomic E-state index is 11.9. The Balaban J connectivity index is 1.88. The van der Waals surface area contributed by atoms with Crippen LogP contribution in [-0.4, -0.2) is 16.1 Å². The van der Waals surface area contributed by atoms with Crippen LogP contribution < -0.4 is 5.32 Å². The van der Waals surface area contributed by atoms with Crippen LogP contribution in [0, 0.1) is 0 Å². The van der Waals surface area contributed by atoms with Gasteiger partial charge in [0.1, 0.15) is 6.04 Å². The maximum Gasteiger partial charge on any atom is 0.238 e. The number of amides is 1. The highest BCUT2D eigenvalue weighted by atomic mass is 16.4. The molecule has 1 aromatic rings. The van der Waals surface area contributed by atoms with E-state index in [1.807, 2.05) is 20.8 Å². The molecule has 5 heteroatoms. The minimum atomic E-state index is -0.241. The summed E-state index contributed by atoms with van der Waals surface area (Å²) in [6, 6.07) is -0.241. The Labute approximate surface area is 113 Å². The van der Waals surface area contributed by atoms with E-state index in [0.717, 1.165) is 12.8 Å². The molecule has 0 fully saturated rings. The van der Waals surface area contributed by atoms with Gasteiger partial charge in [0.2, 0.25) is 17.7 Å². The molecule has 104 valence electrons. The van der Waals surface area contributed by atoms with E-state index in [2.05, 4.69) is 21.6 Å². The molecule has 1 aromatic heterocycles. The third kappa shape index (κ3) is 3.66. The molecule has 0 aliphatic heterocycles. The predicted octanol–water partition coefficient (Wildman–Crippen LogP) is 2.87. The summed E-state index contributed by atoms with van der Waals surface area (Å²) in [6.45, 7) is 5.85. The van der Waals surface area contributed by atoms with Gasteiger partial charge in [-0.2, -0.15) is 0 Å². The van der Waals surface area contributed by atoms with Crippen LogP contribution in [0.3, 0.4) is 0 Å². The van der Waals surface area contributed by atoms with Crippen LogP contribution in [0.15, 0.2) is 16.1 Å². The second-order valence-corrected chi connectivity index (χ2v) is 5.35. The zero-order valence-electron chi connectivity index (χ0n) is 11.8. The van der Waals surface area contributed by atoms with E-state index in [1.165, 1.54) is 12.0 Å². The first kappa shape index (κ1) is 13.8. The quantitative estimate of drug-likeness (QED) is 0.829. The third-order valence-corrected chi connectivity index (χ3v) is 3.22. The van der Waals surface area contributed by atoms with Crippen LogP contribution >= 0.6 is 0 Å². The van der Waals surface area contributed by atoms with Gasteiger partial charge in [0.25, 0.3) is 0 Å². The van der Waals surface area contributed by atoms with Gasteiger partial charge in [-0.3, -0.25) is 4.79 Å². The van der Waals surface area contributed by atoms with E-state index < -0.39 is 0 Å². The highest BCUT2D eigenvalue weighted by molar-refractivity contribution is 5.78. The van der Waals surface area contributed by atoms with Crippen LogP contribution in [-0.2, 0) is 4.79 Å². The second-order valence-electron chi connectivity index (χ2n) is 5.35. The molecule has 0 unspecified atom stereocenters. The first-order valence-electron chi connectivity index (χ1n) is 6.87. The average molecular weight is 263 g/mol. The van der Waals surface area contributed by atoms with E-state index in [1.54, 1.807) is 0 Å². The zero-order chi connectivity index (χ0) is 13.8. The van der Waals surface area contributed by atoms with Crippen LogP contribution in [0.4, 0.5) is 0 Å². The maximum atomic E-state index is 11.9. The van der Waals surface area contributed by atoms with Gasteiger partial charge in [0, 0.05) is 12.3 Å². The summed E-state index contributed by atoms with van der Waals surface area (Å²) in [7, 11) is 0. The molecule has 1 N–H and O–H groups in total. The Hall–Kier alpha value is -1.65. The van der Waals surface area contributed by atoms with Crippen LogP contribution in [0.1, 0.15) is 70.2 Å². The fraction of sp³-hybridized carbons (Fsp3) is 0.643. The number of nitrogens with one attached hydrogen (secondary N) is 1. The molecule has 5 nitrogen and oxygen atoms in total. The van der Waals surface area contributed by atoms with Crippen molar-refractivity contribution in [1.82, 2.24) is 15.5 Å². The summed E-state index contributed by atoms with van der Waals surface area (Å²) in [5.74, 6) is 1.30. The highest BCUT2D eigenvalue weighted by Gasteiger charge is 2.18. The van der Waals surface area contributed by atoms with Crippen molar-refractivity contribution in [2.24, 2.45) is 0 Å². The van der Waals surface area contributed by atoms with Crippen molar-refractivity contribution in [3.63, 3.8) is 0 Å². The lowest BCUT2D eigenvalue weighted by molar-refractivity contribution is -0.121. The normalized spacial score (nSPS) is 16.5. The molecule has 0 saturated heterocycles. The monoisotopic (exact) mass is 263 g/mol. The molecule has 0 aromatic carbocycles. The summed E-state index contributed by atoms with van der Waals surface area (Å²) in [6.07, 6.45) is 5.95. The molecule has 19 heavy (non-hydrogen) atoms. The van der Waals surface area contributed by atoms with Gasteiger partial charge in [-0.05, 0) is 26.2 Å². The first-order valence-corrected chi connectivity index (χ1v) is 6.87. The van der Waals surface area contributed by atoms with Crippen LogP contribution in [0.5, 0.6) is 0 Å². The van der Waals surface area contributed by atoms with E-state index >= 15 is 0 Å². The lowest BCUT2D eigenvalue weighted by Gasteiger charge is -2.10. The summed E-state index contributed by atoms with van der Waals surface area (Å²) in [4.78, 5) is 11.9. The SMILES string of the molecule is CC(C)c1nnc([C@@H](C)NC(=O)CC2=CCCC2)o1. The fourth-order valence-electron chi connectivity index (χ4n) is 2.11. The molecular weight excluding hydrogens is 242 g/mol. The minimum Gasteiger partial charge on any atom is -0.423 e. The van der Waals surface area contributed by atoms with Crippen molar-refractivity contribution in [3.05, 3.63) is 23.4 Å². The number of nitrogens with zero attached hydrogens (tertiary/aromatic N) is 2. The summed E-state index contributed by atoms with van der Waals surface area (Å²) < 4.78 is 5.53. The standard InChI is InChI=1S/C14H21N3O2/c1-9(2)13-16-17-14(19-13)10(3)15-12(18)8-11-6-4-5-7-11/h6,9-10H,4-5,7-8H2,1-3H3,(H,15,18)/t10-/m1/s1. The molecule has 0 radical (unpaired) electrons. The van der Waals surface area contributed by atoms with Crippen molar-refractivity contribution in [3.8, 4) is 0 Å². The molecular formula is C14H21N3O2. The topological polar surface area (TPSA) is 68.0 Å². The zero-order valence-corrected chi connectivity index (χ0v) is 11.8. The molecule has 1 aliphatic rings. The van der Waals surface area contributed by atoms with E-state index in [0.29, 0.717) is 18.2 Å². The van der Waals surface area contributed by atoms with Gasteiger partial charge in [-0.25, -0.2) is 0 Å². The Morgan fingerprint density at radius 3 is 2.68 bits per heavy atom. The van der Waals surface area contributed by atoms with Crippen molar-refractivity contribution in [1.29, 1.82) is 0 Å². The van der Waals surface area contributed by atoms with Gasteiger partial charge in [-0.15, -0.1) is 10.2 Å². The van der Waals surface area contributed by atoms with Gasteiger partial charge in [-0.1, -0.05) is 25.5 Å². The molecule has 1 amide bonds. The van der Waals surface area contributed by atoms with Gasteiger partial charge in [0.05, 0.1) is 0 Å². The van der Waals surface area contributed by atoms with Crippen molar-refractivity contribution >= 4 is 5.91 Å². The fourth-order valence-corrected chi connectivity index (χ4v) is 2.11. The number of hydrogen-bond donors (Lipinski definition) is 1. The van der Waals surface area contributed by atoms with E-state index in [-0.39, 0.29) is 17.9 Å². The number of carbonyl (C=O) groups is 1. The van der Waals surface area contributed by atoms with E-state index in [9.17, 15) is 4.79 Å². The summed E-state index contributed by atoms with van der Waals surface area (Å²) >= 11 is 0. The predicted molar refractivity (Wildman–Crippen MR) is 71.5 cm³/mol. The second kappa shape index (κ2) is 5.99. The number of aromatic nitrogens is 2. The number of hydrogen-bond acceptors (Lipinski definition) is 4. The Bertz CT molecular complexity index is 477. The minimum absolute atomic E-state index is 0.0185. The molecule has 1 atom stereocenters. The number of carbonyl (C=O) groups excluding carboxylic acids is 1. The molecule has 2 rings (SSSR count). The average Bonchev–Trinajstić information content (AvgIpc) is 2.98. The molecule has 1 aliphatic carbocycles. The number of allylic oxidation sites excluding steroid dienone is 1. The number of rotatable bonds is 5. The molecule has 0 spiro atoms. The molecule has 0 bridgehead atoms. The van der Waals surface area contributed by atoms with Crippen molar-refractivity contribution < 1.29 is 9.21 Å². The van der Waals surface area contributed by atoms with E-state index in [4.69, 9.17) is 4.42 Å². The van der Waals surface area contributed by atoms with Crippen molar-refractivity contribution in [2.45, 2.75) is 58.4 Å². The Morgan fingerprint density at radius 2 is 2.11 bits per heavy atom. The van der Waals surface area contributed by atoms with Crippen LogP contribution in [0.25, 0.3) is 0 Å². The first-order chi connectivity index (χ1) is 9.06. The van der Waals surface area contributed by atoms with Gasteiger partial charge >= 0.3 is 0 Å². The largest absolute Gasteiger partial charge is 0.423 e. The third-order valence-electron chi connectivity index (χ3n) is 3.22. The van der Waals surface area contributed by atoms with Gasteiger partial charge in [0.15, 0.2) is 0 Å². The Morgan fingerprint density at radius 1 is 1.37 bits per heavy atom. The van der Waals surface area contributed by atoms with Gasteiger partial charge < -0.3 is 9.73 Å². The summed E-state index contributed by atoms with van der Waals surface area (Å²) in [5.41, 5.74) is 1.23. The Kier molecular flexibility index (Phi) is 4.35. The lowest BCUT2D eigenvalue weighted by Crippen LogP contribution is -2.26. The van der Waals surface area contributed by atoms with Crippen molar-refractivity contribution in [2.75, 3.05) is 0 Å². The highest BCUT2D eigenvalue weighted by Crippen LogP contribution is 2.21. The molecule has 0 saturated carbocycles.